The molecule has 0 unspecified atom stereocenters. The Morgan fingerprint density at radius 3 is 3.00 bits per heavy atom. The highest BCUT2D eigenvalue weighted by molar-refractivity contribution is 5.05. The lowest BCUT2D eigenvalue weighted by Crippen LogP contribution is -1.89. The summed E-state index contributed by atoms with van der Waals surface area (Å²) in [6.45, 7) is 1.97. The first kappa shape index (κ1) is 6.80. The minimum atomic E-state index is 0.128. The molecule has 1 aromatic heterocycles. The Morgan fingerprint density at radius 1 is 1.60 bits per heavy atom. The fourth-order valence-corrected chi connectivity index (χ4v) is 0.662. The zero-order chi connectivity index (χ0) is 7.40. The molecule has 0 amide bonds. The van der Waals surface area contributed by atoms with E-state index in [1.54, 1.807) is 6.07 Å². The smallest absolute Gasteiger partial charge is 0.123 e. The van der Waals surface area contributed by atoms with Gasteiger partial charge in [0.15, 0.2) is 0 Å². The van der Waals surface area contributed by atoms with Gasteiger partial charge in [-0.05, 0) is 13.0 Å². The van der Waals surface area contributed by atoms with Crippen LogP contribution in [0.5, 0.6) is 0 Å². The highest BCUT2D eigenvalue weighted by atomic mass is 16.3. The third kappa shape index (κ3) is 1.58. The molecule has 0 aliphatic carbocycles. The molecule has 4 nitrogen and oxygen atoms in total. The van der Waals surface area contributed by atoms with E-state index in [-0.39, 0.29) is 6.54 Å². The van der Waals surface area contributed by atoms with E-state index in [1.807, 2.05) is 6.92 Å². The molecule has 10 heavy (non-hydrogen) atoms. The van der Waals surface area contributed by atoms with Gasteiger partial charge >= 0.3 is 0 Å². The fraction of sp³-hybridized carbons (Fsp3) is 0.333. The molecular formula is C6H7N3O. The Bertz CT molecular complexity index is 236. The summed E-state index contributed by atoms with van der Waals surface area (Å²) in [7, 11) is 0. The average Bonchev–Trinajstić information content (AvgIpc) is 1.88. The van der Waals surface area contributed by atoms with E-state index in [0.717, 1.165) is 5.69 Å². The van der Waals surface area contributed by atoms with Gasteiger partial charge in [-0.15, -0.1) is 0 Å². The predicted molar refractivity (Wildman–Crippen MR) is 36.3 cm³/mol. The summed E-state index contributed by atoms with van der Waals surface area (Å²) in [6.07, 6.45) is 1.43. The molecule has 0 bridgehead atoms. The van der Waals surface area contributed by atoms with Crippen molar-refractivity contribution in [3.8, 4) is 0 Å². The maximum atomic E-state index is 9.78. The van der Waals surface area contributed by atoms with Crippen LogP contribution in [0.15, 0.2) is 17.6 Å². The molecule has 0 radical (unpaired) electrons. The van der Waals surface area contributed by atoms with E-state index >= 15 is 0 Å². The predicted octanol–water partition coefficient (Wildman–Crippen LogP) is 1.05. The maximum absolute atomic E-state index is 9.78. The number of hydrogen-bond acceptors (Lipinski definition) is 4. The van der Waals surface area contributed by atoms with Gasteiger partial charge in [0.05, 0.1) is 5.69 Å². The van der Waals surface area contributed by atoms with Crippen LogP contribution in [0.25, 0.3) is 0 Å². The van der Waals surface area contributed by atoms with Gasteiger partial charge in [0.2, 0.25) is 0 Å². The van der Waals surface area contributed by atoms with Crippen molar-refractivity contribution in [2.24, 2.45) is 5.18 Å². The van der Waals surface area contributed by atoms with E-state index in [2.05, 4.69) is 15.1 Å². The van der Waals surface area contributed by atoms with Crippen molar-refractivity contribution in [3.05, 3.63) is 28.7 Å². The van der Waals surface area contributed by atoms with Gasteiger partial charge in [-0.25, -0.2) is 9.97 Å². The molecule has 0 spiro atoms. The third-order valence-electron chi connectivity index (χ3n) is 1.09. The molecule has 0 atom stereocenters. The van der Waals surface area contributed by atoms with Crippen LogP contribution in [0.4, 0.5) is 0 Å². The van der Waals surface area contributed by atoms with Crippen molar-refractivity contribution in [3.63, 3.8) is 0 Å². The van der Waals surface area contributed by atoms with Crippen molar-refractivity contribution in [2.75, 3.05) is 0 Å². The SMILES string of the molecule is Cc1cc(CN=O)ncn1. The van der Waals surface area contributed by atoms with Crippen LogP contribution in [0, 0.1) is 11.8 Å². The van der Waals surface area contributed by atoms with E-state index in [4.69, 9.17) is 0 Å². The molecule has 52 valence electrons. The number of nitroso groups, excluding NO2 is 1. The summed E-state index contributed by atoms with van der Waals surface area (Å²) in [5.41, 5.74) is 1.52. The molecule has 0 aliphatic rings. The van der Waals surface area contributed by atoms with E-state index in [1.165, 1.54) is 6.33 Å². The number of hydrogen-bond donors (Lipinski definition) is 0. The summed E-state index contributed by atoms with van der Waals surface area (Å²) >= 11 is 0. The van der Waals surface area contributed by atoms with Gasteiger partial charge in [0.1, 0.15) is 12.9 Å². The lowest BCUT2D eigenvalue weighted by atomic mass is 10.3. The Kier molecular flexibility index (Phi) is 2.04. The number of aromatic nitrogens is 2. The molecule has 0 saturated carbocycles. The molecule has 0 aliphatic heterocycles. The van der Waals surface area contributed by atoms with Crippen LogP contribution in [0.2, 0.25) is 0 Å². The molecule has 1 rings (SSSR count). The van der Waals surface area contributed by atoms with Crippen LogP contribution >= 0.6 is 0 Å². The summed E-state index contributed by atoms with van der Waals surface area (Å²) < 4.78 is 0. The van der Waals surface area contributed by atoms with Crippen molar-refractivity contribution in [1.82, 2.24) is 9.97 Å². The average molecular weight is 137 g/mol. The van der Waals surface area contributed by atoms with Crippen molar-refractivity contribution in [2.45, 2.75) is 13.5 Å². The molecular weight excluding hydrogens is 130 g/mol. The lowest BCUT2D eigenvalue weighted by Gasteiger charge is -1.92. The van der Waals surface area contributed by atoms with Crippen molar-refractivity contribution >= 4 is 0 Å². The monoisotopic (exact) mass is 137 g/mol. The molecule has 0 saturated heterocycles. The van der Waals surface area contributed by atoms with Gasteiger partial charge in [-0.1, -0.05) is 5.18 Å². The minimum Gasteiger partial charge on any atom is -0.242 e. The van der Waals surface area contributed by atoms with Crippen LogP contribution in [0.1, 0.15) is 11.4 Å². The van der Waals surface area contributed by atoms with Gasteiger partial charge in [0.25, 0.3) is 0 Å². The van der Waals surface area contributed by atoms with Crippen LogP contribution < -0.4 is 0 Å². The Labute approximate surface area is 58.3 Å². The number of rotatable bonds is 2. The molecule has 0 aromatic carbocycles. The molecule has 0 fully saturated rings. The van der Waals surface area contributed by atoms with Crippen molar-refractivity contribution < 1.29 is 0 Å². The Balaban J connectivity index is 2.84. The molecule has 0 N–H and O–H groups in total. The summed E-state index contributed by atoms with van der Waals surface area (Å²) in [6, 6.07) is 1.74. The Hall–Kier alpha value is -1.32. The quantitative estimate of drug-likeness (QED) is 0.572. The summed E-state index contributed by atoms with van der Waals surface area (Å²) in [5.74, 6) is 0. The first-order chi connectivity index (χ1) is 4.83. The topological polar surface area (TPSA) is 55.2 Å². The fourth-order valence-electron chi connectivity index (χ4n) is 0.662. The first-order valence-corrected chi connectivity index (χ1v) is 2.89. The Morgan fingerprint density at radius 2 is 2.40 bits per heavy atom. The maximum Gasteiger partial charge on any atom is 0.123 e. The normalized spacial score (nSPS) is 9.30. The summed E-state index contributed by atoms with van der Waals surface area (Å²) in [5, 5.41) is 2.71. The molecule has 4 heteroatoms. The van der Waals surface area contributed by atoms with Gasteiger partial charge in [-0.2, -0.15) is 4.91 Å². The standard InChI is InChI=1S/C6H7N3O/c1-5-2-6(3-9-10)8-4-7-5/h2,4H,3H2,1H3. The highest BCUT2D eigenvalue weighted by Gasteiger charge is 1.92. The zero-order valence-corrected chi connectivity index (χ0v) is 5.61. The lowest BCUT2D eigenvalue weighted by molar-refractivity contribution is 0.941. The van der Waals surface area contributed by atoms with Crippen LogP contribution in [0.3, 0.4) is 0 Å². The van der Waals surface area contributed by atoms with Crippen LogP contribution in [-0.2, 0) is 6.54 Å². The highest BCUT2D eigenvalue weighted by Crippen LogP contribution is 1.96. The second-order valence-corrected chi connectivity index (χ2v) is 1.94. The minimum absolute atomic E-state index is 0.128. The number of aryl methyl sites for hydroxylation is 1. The van der Waals surface area contributed by atoms with E-state index in [0.29, 0.717) is 5.69 Å². The molecule has 1 aromatic rings. The zero-order valence-electron chi connectivity index (χ0n) is 5.61. The second-order valence-electron chi connectivity index (χ2n) is 1.94. The second kappa shape index (κ2) is 3.00. The van der Waals surface area contributed by atoms with Gasteiger partial charge in [0, 0.05) is 5.69 Å². The van der Waals surface area contributed by atoms with E-state index < -0.39 is 0 Å². The van der Waals surface area contributed by atoms with Crippen molar-refractivity contribution in [1.29, 1.82) is 0 Å². The van der Waals surface area contributed by atoms with Gasteiger partial charge in [-0.3, -0.25) is 0 Å². The van der Waals surface area contributed by atoms with Crippen LogP contribution in [-0.4, -0.2) is 9.97 Å². The molecule has 1 heterocycles. The van der Waals surface area contributed by atoms with Gasteiger partial charge < -0.3 is 0 Å². The summed E-state index contributed by atoms with van der Waals surface area (Å²) in [4.78, 5) is 17.5. The third-order valence-corrected chi connectivity index (χ3v) is 1.09. The largest absolute Gasteiger partial charge is 0.242 e. The first-order valence-electron chi connectivity index (χ1n) is 2.89. The van der Waals surface area contributed by atoms with E-state index in [9.17, 15) is 4.91 Å². The number of nitrogens with zero attached hydrogens (tertiary/aromatic N) is 3.